The molecule has 0 aromatic carbocycles. The molecule has 18 heteroatoms. The lowest BCUT2D eigenvalue weighted by Crippen LogP contribution is -2.57. The fourth-order valence-corrected chi connectivity index (χ4v) is 6.49. The first-order valence-corrected chi connectivity index (χ1v) is 15.6. The lowest BCUT2D eigenvalue weighted by atomic mass is 10.0. The zero-order valence-corrected chi connectivity index (χ0v) is 24.4. The smallest absolute Gasteiger partial charge is 0.326 e. The Bertz CT molecular complexity index is 856. The summed E-state index contributed by atoms with van der Waals surface area (Å²) in [6, 6.07) is -1.15. The van der Waals surface area contributed by atoms with Crippen LogP contribution in [0.15, 0.2) is 0 Å². The summed E-state index contributed by atoms with van der Waals surface area (Å²) in [7, 11) is 0. The van der Waals surface area contributed by atoms with Crippen molar-refractivity contribution in [1.82, 2.24) is 10.6 Å². The molecule has 0 aromatic rings. The molecule has 0 bridgehead atoms. The van der Waals surface area contributed by atoms with Gasteiger partial charge in [-0.15, -0.1) is 23.5 Å². The highest BCUT2D eigenvalue weighted by molar-refractivity contribution is 8.00. The molecule has 2 rings (SSSR count). The van der Waals surface area contributed by atoms with E-state index >= 15 is 0 Å². The van der Waals surface area contributed by atoms with E-state index in [9.17, 15) is 60.3 Å². The van der Waals surface area contributed by atoms with Crippen molar-refractivity contribution >= 4 is 41.3 Å². The maximum absolute atomic E-state index is 12.3. The summed E-state index contributed by atoms with van der Waals surface area (Å²) in [6.07, 6.45) is -9.98. The zero-order valence-electron chi connectivity index (χ0n) is 22.8. The van der Waals surface area contributed by atoms with E-state index in [4.69, 9.17) is 9.47 Å². The third kappa shape index (κ3) is 11.0. The van der Waals surface area contributed by atoms with Crippen molar-refractivity contribution in [3.05, 3.63) is 0 Å². The first-order valence-electron chi connectivity index (χ1n) is 13.5. The largest absolute Gasteiger partial charge is 0.480 e. The number of aliphatic hydroxyl groups is 8. The molecule has 2 heterocycles. The van der Waals surface area contributed by atoms with Gasteiger partial charge in [0, 0.05) is 30.9 Å². The summed E-state index contributed by atoms with van der Waals surface area (Å²) in [5.74, 6) is -1.73. The predicted octanol–water partition coefficient (Wildman–Crippen LogP) is -4.31. The highest BCUT2D eigenvalue weighted by atomic mass is 32.2. The third-order valence-electron chi connectivity index (χ3n) is 6.79. The van der Waals surface area contributed by atoms with Gasteiger partial charge in [-0.25, -0.2) is 4.79 Å². The monoisotopic (exact) mass is 646 g/mol. The van der Waals surface area contributed by atoms with Crippen LogP contribution in [0, 0.1) is 0 Å². The van der Waals surface area contributed by atoms with Crippen LogP contribution >= 0.6 is 23.5 Å². The van der Waals surface area contributed by atoms with Crippen LogP contribution in [0.1, 0.15) is 32.1 Å². The van der Waals surface area contributed by atoms with Crippen LogP contribution in [-0.2, 0) is 23.9 Å². The first-order chi connectivity index (χ1) is 19.9. The van der Waals surface area contributed by atoms with Crippen molar-refractivity contribution in [1.29, 1.82) is 0 Å². The Hall–Kier alpha value is -1.29. The van der Waals surface area contributed by atoms with Crippen molar-refractivity contribution in [3.8, 4) is 0 Å². The quantitative estimate of drug-likeness (QED) is 0.0667. The van der Waals surface area contributed by atoms with Gasteiger partial charge in [0.1, 0.15) is 65.7 Å². The van der Waals surface area contributed by atoms with Crippen LogP contribution in [0.25, 0.3) is 0 Å². The lowest BCUT2D eigenvalue weighted by molar-refractivity contribution is -0.205. The van der Waals surface area contributed by atoms with E-state index < -0.39 is 90.8 Å². The molecule has 0 saturated carbocycles. The van der Waals surface area contributed by atoms with Crippen molar-refractivity contribution in [2.24, 2.45) is 0 Å². The van der Waals surface area contributed by atoms with E-state index in [0.717, 1.165) is 23.5 Å². The van der Waals surface area contributed by atoms with Crippen molar-refractivity contribution < 1.29 is 69.8 Å². The lowest BCUT2D eigenvalue weighted by Gasteiger charge is -2.39. The Morgan fingerprint density at radius 2 is 1.17 bits per heavy atom. The number of aliphatic carboxylic acids is 1. The Morgan fingerprint density at radius 3 is 1.62 bits per heavy atom. The van der Waals surface area contributed by atoms with E-state index in [0.29, 0.717) is 12.8 Å². The summed E-state index contributed by atoms with van der Waals surface area (Å²) < 4.78 is 10.7. The van der Waals surface area contributed by atoms with Crippen molar-refractivity contribution in [2.75, 3.05) is 31.3 Å². The average Bonchev–Trinajstić information content (AvgIpc) is 2.96. The number of carboxylic acids is 1. The van der Waals surface area contributed by atoms with Gasteiger partial charge in [-0.05, 0) is 19.3 Å². The number of hydrogen-bond acceptors (Lipinski definition) is 15. The molecule has 0 radical (unpaired) electrons. The summed E-state index contributed by atoms with van der Waals surface area (Å²) in [4.78, 5) is 35.9. The second kappa shape index (κ2) is 18.5. The highest BCUT2D eigenvalue weighted by Gasteiger charge is 2.44. The maximum atomic E-state index is 12.3. The summed E-state index contributed by atoms with van der Waals surface area (Å²) >= 11 is 2.04. The fourth-order valence-electron chi connectivity index (χ4n) is 4.26. The van der Waals surface area contributed by atoms with Crippen LogP contribution < -0.4 is 10.6 Å². The van der Waals surface area contributed by atoms with Crippen molar-refractivity contribution in [3.63, 3.8) is 0 Å². The Balaban J connectivity index is 1.61. The number of nitrogens with one attached hydrogen (secondary N) is 2. The standard InChI is InChI=1S/C24H42N2O14S2/c27-9-12-16(31)18(33)20(35)23(39-12)41-7-4-14(29)25-6-2-1-3-11(22(37)38)26-15(30)5-8-42-24-21(36)19(34)17(32)13(10-28)40-24/h11-13,16-21,23-24,27-28,31-36H,1-10H2,(H,25,29)(H,26,30)(H,37,38)/t11-,12+,13+,16+,17+,18-,19-,20-,21-,23-,24-/m0/s1. The minimum Gasteiger partial charge on any atom is -0.480 e. The molecule has 0 spiro atoms. The number of amides is 2. The molecule has 2 amide bonds. The molecule has 244 valence electrons. The molecule has 2 fully saturated rings. The van der Waals surface area contributed by atoms with Gasteiger partial charge < -0.3 is 66.1 Å². The third-order valence-corrected chi connectivity index (χ3v) is 9.11. The minimum atomic E-state index is -1.53. The number of carbonyl (C=O) groups is 3. The number of aliphatic hydroxyl groups excluding tert-OH is 8. The van der Waals surface area contributed by atoms with Gasteiger partial charge in [0.05, 0.1) is 13.2 Å². The Kier molecular flexibility index (Phi) is 16.3. The summed E-state index contributed by atoms with van der Waals surface area (Å²) in [5, 5.41) is 92.3. The normalized spacial score (nSPS) is 34.0. The molecular formula is C24H42N2O14S2. The van der Waals surface area contributed by atoms with Crippen LogP contribution in [0.2, 0.25) is 0 Å². The summed E-state index contributed by atoms with van der Waals surface area (Å²) in [5.41, 5.74) is -1.92. The second-order valence-electron chi connectivity index (χ2n) is 9.94. The van der Waals surface area contributed by atoms with E-state index in [2.05, 4.69) is 10.6 Å². The number of hydrogen-bond donors (Lipinski definition) is 11. The fraction of sp³-hybridized carbons (Fsp3) is 0.875. The van der Waals surface area contributed by atoms with E-state index in [1.54, 1.807) is 0 Å². The van der Waals surface area contributed by atoms with Crippen LogP contribution in [0.5, 0.6) is 0 Å². The van der Waals surface area contributed by atoms with Gasteiger partial charge in [0.25, 0.3) is 0 Å². The van der Waals surface area contributed by atoms with Crippen LogP contribution in [0.4, 0.5) is 0 Å². The molecule has 0 unspecified atom stereocenters. The number of rotatable bonds is 17. The Morgan fingerprint density at radius 1 is 0.690 bits per heavy atom. The molecule has 2 saturated heterocycles. The SMILES string of the molecule is O=C(CCS[C@@H]1O[C@H](CO)[C@@H](O)[C@H](O)[C@@H]1O)NCCCC[C@H](NC(=O)CCS[C@@H]1O[C@H](CO)[C@@H](O)[C@H](O)[C@@H]1O)C(=O)O. The predicted molar refractivity (Wildman–Crippen MR) is 148 cm³/mol. The number of carbonyl (C=O) groups excluding carboxylic acids is 2. The molecule has 42 heavy (non-hydrogen) atoms. The van der Waals surface area contributed by atoms with Crippen molar-refractivity contribution in [2.45, 2.75) is 97.8 Å². The second-order valence-corrected chi connectivity index (χ2v) is 12.4. The molecule has 0 aliphatic carbocycles. The molecule has 2 aliphatic heterocycles. The molecule has 11 N–H and O–H groups in total. The van der Waals surface area contributed by atoms with E-state index in [-0.39, 0.29) is 43.2 Å². The Labute approximate surface area is 250 Å². The van der Waals surface area contributed by atoms with Crippen LogP contribution in [-0.4, -0.2) is 161 Å². The molecule has 11 atom stereocenters. The number of unbranched alkanes of at least 4 members (excludes halogenated alkanes) is 1. The van der Waals surface area contributed by atoms with Crippen LogP contribution in [0.3, 0.4) is 0 Å². The number of ether oxygens (including phenoxy) is 2. The van der Waals surface area contributed by atoms with Gasteiger partial charge >= 0.3 is 5.97 Å². The van der Waals surface area contributed by atoms with Gasteiger partial charge in [-0.3, -0.25) is 9.59 Å². The molecule has 2 aliphatic rings. The highest BCUT2D eigenvalue weighted by Crippen LogP contribution is 2.30. The zero-order chi connectivity index (χ0) is 31.4. The first kappa shape index (κ1) is 36.9. The van der Waals surface area contributed by atoms with E-state index in [1.165, 1.54) is 0 Å². The van der Waals surface area contributed by atoms with Gasteiger partial charge in [0.15, 0.2) is 0 Å². The number of carboxylic acid groups (broad SMARTS) is 1. The molecular weight excluding hydrogens is 604 g/mol. The van der Waals surface area contributed by atoms with E-state index in [1.807, 2.05) is 0 Å². The maximum Gasteiger partial charge on any atom is 0.326 e. The average molecular weight is 647 g/mol. The van der Waals surface area contributed by atoms with Gasteiger partial charge in [-0.2, -0.15) is 0 Å². The molecule has 0 aromatic heterocycles. The minimum absolute atomic E-state index is 0.0641. The molecule has 16 nitrogen and oxygen atoms in total. The van der Waals surface area contributed by atoms with Gasteiger partial charge in [0.2, 0.25) is 11.8 Å². The summed E-state index contributed by atoms with van der Waals surface area (Å²) in [6.45, 7) is -0.851. The van der Waals surface area contributed by atoms with Gasteiger partial charge in [-0.1, -0.05) is 0 Å². The number of thioether (sulfide) groups is 2. The topological polar surface area (TPSA) is 276 Å².